The molecule has 29 heavy (non-hydrogen) atoms. The summed E-state index contributed by atoms with van der Waals surface area (Å²) in [5.74, 6) is 1.92. The van der Waals surface area contributed by atoms with E-state index in [1.165, 1.54) is 25.4 Å². The van der Waals surface area contributed by atoms with Crippen LogP contribution in [-0.4, -0.2) is 19.1 Å². The quantitative estimate of drug-likeness (QED) is 0.291. The first-order valence-corrected chi connectivity index (χ1v) is 9.15. The van der Waals surface area contributed by atoms with E-state index in [0.29, 0.717) is 39.7 Å². The second kappa shape index (κ2) is 9.87. The fraction of sp³-hybridized carbons (Fsp3) is 0.118. The minimum absolute atomic E-state index is 0. The summed E-state index contributed by atoms with van der Waals surface area (Å²) in [6, 6.07) is 9.40. The summed E-state index contributed by atoms with van der Waals surface area (Å²) < 4.78 is 36.6. The largest absolute Gasteiger partial charge is 1.00 e. The average molecular weight is 435 g/mol. The molecule has 1 aromatic heterocycles. The number of nitrogens with zero attached hydrogens (tertiary/aromatic N) is 1. The minimum Gasteiger partial charge on any atom is -0.780 e. The molecule has 0 saturated heterocycles. The van der Waals surface area contributed by atoms with E-state index in [2.05, 4.69) is 9.68 Å². The zero-order valence-electron chi connectivity index (χ0n) is 15.9. The molecule has 0 unspecified atom stereocenters. The molecule has 1 aliphatic rings. The number of methoxy groups -OCH3 is 1. The topological polar surface area (TPSA) is 126 Å². The second-order valence-corrected chi connectivity index (χ2v) is 6.62. The van der Waals surface area contributed by atoms with Crippen LogP contribution in [0.2, 0.25) is 0 Å². The van der Waals surface area contributed by atoms with Crippen molar-refractivity contribution in [2.75, 3.05) is 13.9 Å². The normalized spacial score (nSPS) is 12.0. The minimum atomic E-state index is -5.11. The van der Waals surface area contributed by atoms with Crippen molar-refractivity contribution >= 4 is 7.82 Å². The van der Waals surface area contributed by atoms with Gasteiger partial charge in [0.05, 0.1) is 13.3 Å². The van der Waals surface area contributed by atoms with Gasteiger partial charge < -0.3 is 37.6 Å². The summed E-state index contributed by atoms with van der Waals surface area (Å²) in [5, 5.41) is 3.84. The molecule has 4 rings (SSSR count). The van der Waals surface area contributed by atoms with Crippen LogP contribution in [0.3, 0.4) is 0 Å². The van der Waals surface area contributed by atoms with Crippen LogP contribution < -0.4 is 87.6 Å². The monoisotopic (exact) mass is 435 g/mol. The van der Waals surface area contributed by atoms with E-state index in [-0.39, 0.29) is 71.7 Å². The van der Waals surface area contributed by atoms with Gasteiger partial charge in [0.2, 0.25) is 12.5 Å². The molecule has 0 saturated carbocycles. The molecule has 0 atom stereocenters. The molecular formula is C17H12NNa2O8P. The van der Waals surface area contributed by atoms with Crippen LogP contribution in [0.1, 0.15) is 0 Å². The molecule has 9 nitrogen and oxygen atoms in total. The van der Waals surface area contributed by atoms with Crippen molar-refractivity contribution in [1.82, 2.24) is 5.16 Å². The SMILES string of the molecule is COc1cc(-c2oncc2-c2ccc(OP(=O)([O-])[O-])cc2)cc2c1OCO2.[Na+].[Na+]. The van der Waals surface area contributed by atoms with Crippen molar-refractivity contribution in [3.8, 4) is 45.4 Å². The average Bonchev–Trinajstić information content (AvgIpc) is 3.29. The molecule has 0 spiro atoms. The van der Waals surface area contributed by atoms with E-state index in [1.807, 2.05) is 0 Å². The number of rotatable bonds is 5. The van der Waals surface area contributed by atoms with Crippen LogP contribution in [0.4, 0.5) is 0 Å². The van der Waals surface area contributed by atoms with E-state index >= 15 is 0 Å². The van der Waals surface area contributed by atoms with Gasteiger partial charge in [-0.25, -0.2) is 0 Å². The molecule has 0 amide bonds. The second-order valence-electron chi connectivity index (χ2n) is 5.54. The Morgan fingerprint density at radius 1 is 1.07 bits per heavy atom. The number of phosphoric acid groups is 1. The Morgan fingerprint density at radius 3 is 2.45 bits per heavy atom. The van der Waals surface area contributed by atoms with Gasteiger partial charge in [0.1, 0.15) is 13.6 Å². The number of aromatic nitrogens is 1. The number of benzene rings is 2. The van der Waals surface area contributed by atoms with Crippen molar-refractivity contribution in [2.45, 2.75) is 0 Å². The van der Waals surface area contributed by atoms with Gasteiger partial charge in [0.15, 0.2) is 17.3 Å². The van der Waals surface area contributed by atoms with Gasteiger partial charge in [0.25, 0.3) is 0 Å². The summed E-state index contributed by atoms with van der Waals surface area (Å²) in [5.41, 5.74) is 1.99. The molecule has 140 valence electrons. The fourth-order valence-corrected chi connectivity index (χ4v) is 3.12. The van der Waals surface area contributed by atoms with Gasteiger partial charge in [0, 0.05) is 11.1 Å². The summed E-state index contributed by atoms with van der Waals surface area (Å²) in [6.07, 6.45) is 1.52. The van der Waals surface area contributed by atoms with Crippen molar-refractivity contribution in [3.63, 3.8) is 0 Å². The standard InChI is InChI=1S/C17H14NO8P.2Na/c1-22-14-6-11(7-15-17(14)24-9-23-15)16-13(8-18-25-16)10-2-4-12(5-3-10)26-27(19,20)21;;/h2-8H,9H2,1H3,(H2,19,20,21);;/q;2*+1/p-2. The van der Waals surface area contributed by atoms with Crippen LogP contribution >= 0.6 is 7.82 Å². The molecule has 0 radical (unpaired) electrons. The molecule has 0 fully saturated rings. The number of phosphoric ester groups is 1. The van der Waals surface area contributed by atoms with Gasteiger partial charge in [-0.3, -0.25) is 0 Å². The number of hydrogen-bond donors (Lipinski definition) is 0. The van der Waals surface area contributed by atoms with E-state index in [0.717, 1.165) is 0 Å². The maximum atomic E-state index is 10.7. The van der Waals surface area contributed by atoms with Crippen molar-refractivity contribution in [2.24, 2.45) is 0 Å². The molecule has 12 heteroatoms. The van der Waals surface area contributed by atoms with Crippen LogP contribution in [0.15, 0.2) is 47.1 Å². The van der Waals surface area contributed by atoms with Crippen molar-refractivity contribution < 1.29 is 96.7 Å². The molecule has 0 N–H and O–H groups in total. The van der Waals surface area contributed by atoms with Crippen LogP contribution in [-0.2, 0) is 4.57 Å². The van der Waals surface area contributed by atoms with Crippen LogP contribution in [0, 0.1) is 0 Å². The third-order valence-corrected chi connectivity index (χ3v) is 4.31. The summed E-state index contributed by atoms with van der Waals surface area (Å²) in [7, 11) is -3.59. The smallest absolute Gasteiger partial charge is 0.780 e. The van der Waals surface area contributed by atoms with Crippen LogP contribution in [0.5, 0.6) is 23.0 Å². The number of ether oxygens (including phenoxy) is 3. The van der Waals surface area contributed by atoms with Gasteiger partial charge in [-0.1, -0.05) is 17.3 Å². The Balaban J connectivity index is 0.00000150. The fourth-order valence-electron chi connectivity index (χ4n) is 2.74. The van der Waals surface area contributed by atoms with E-state index in [1.54, 1.807) is 24.3 Å². The van der Waals surface area contributed by atoms with Crippen LogP contribution in [0.25, 0.3) is 22.5 Å². The molecule has 3 aromatic rings. The number of hydrogen-bond acceptors (Lipinski definition) is 9. The maximum Gasteiger partial charge on any atom is 1.00 e. The van der Waals surface area contributed by atoms with E-state index < -0.39 is 7.82 Å². The first kappa shape index (κ1) is 24.3. The number of fused-ring (bicyclic) bond motifs is 1. The molecule has 1 aliphatic heterocycles. The first-order valence-electron chi connectivity index (χ1n) is 7.69. The van der Waals surface area contributed by atoms with Gasteiger partial charge in [-0.05, 0) is 29.8 Å². The third kappa shape index (κ3) is 5.38. The zero-order valence-corrected chi connectivity index (χ0v) is 20.8. The van der Waals surface area contributed by atoms with Gasteiger partial charge >= 0.3 is 59.1 Å². The molecule has 0 bridgehead atoms. The summed E-state index contributed by atoms with van der Waals surface area (Å²) >= 11 is 0. The first-order chi connectivity index (χ1) is 12.9. The molecule has 2 aromatic carbocycles. The molecular weight excluding hydrogens is 423 g/mol. The van der Waals surface area contributed by atoms with Gasteiger partial charge in [-0.15, -0.1) is 0 Å². The zero-order chi connectivity index (χ0) is 19.0. The molecule has 2 heterocycles. The predicted molar refractivity (Wildman–Crippen MR) is 88.3 cm³/mol. The Kier molecular flexibility index (Phi) is 8.26. The van der Waals surface area contributed by atoms with Crippen molar-refractivity contribution in [1.29, 1.82) is 0 Å². The Bertz CT molecular complexity index is 1030. The van der Waals surface area contributed by atoms with E-state index in [4.69, 9.17) is 18.7 Å². The van der Waals surface area contributed by atoms with E-state index in [9.17, 15) is 14.4 Å². The summed E-state index contributed by atoms with van der Waals surface area (Å²) in [6.45, 7) is 0.100. The van der Waals surface area contributed by atoms with Gasteiger partial charge in [-0.2, -0.15) is 0 Å². The predicted octanol–water partition coefficient (Wildman–Crippen LogP) is -4.04. The summed E-state index contributed by atoms with van der Waals surface area (Å²) in [4.78, 5) is 21.4. The maximum absolute atomic E-state index is 10.7. The Morgan fingerprint density at radius 2 is 1.79 bits per heavy atom. The third-order valence-electron chi connectivity index (χ3n) is 3.87. The Labute approximate surface area is 210 Å². The Hall–Kier alpha value is -1.000. The molecule has 0 aliphatic carbocycles. The van der Waals surface area contributed by atoms with Crippen molar-refractivity contribution in [3.05, 3.63) is 42.6 Å².